The minimum Gasteiger partial charge on any atom is -0.491 e. The van der Waals surface area contributed by atoms with Crippen LogP contribution in [0.3, 0.4) is 0 Å². The van der Waals surface area contributed by atoms with Gasteiger partial charge in [0, 0.05) is 12.2 Å². The van der Waals surface area contributed by atoms with E-state index in [2.05, 4.69) is 87.4 Å². The van der Waals surface area contributed by atoms with E-state index in [1.165, 1.54) is 11.1 Å². The van der Waals surface area contributed by atoms with Crippen LogP contribution < -0.4 is 10.1 Å². The number of halogens is 2. The first kappa shape index (κ1) is 16.4. The average Bonchev–Trinajstić information content (AvgIpc) is 2.44. The molecule has 2 nitrogen and oxygen atoms in total. The molecule has 0 fully saturated rings. The van der Waals surface area contributed by atoms with E-state index in [-0.39, 0.29) is 0 Å². The molecule has 0 radical (unpaired) electrons. The van der Waals surface area contributed by atoms with Crippen molar-refractivity contribution in [3.63, 3.8) is 0 Å². The van der Waals surface area contributed by atoms with Crippen LogP contribution in [-0.4, -0.2) is 6.61 Å². The summed E-state index contributed by atoms with van der Waals surface area (Å²) in [5, 5.41) is 3.44. The van der Waals surface area contributed by atoms with Gasteiger partial charge in [0.05, 0.1) is 15.6 Å². The van der Waals surface area contributed by atoms with Crippen molar-refractivity contribution in [2.75, 3.05) is 11.9 Å². The number of rotatable bonds is 6. The van der Waals surface area contributed by atoms with Crippen LogP contribution >= 0.6 is 31.9 Å². The first-order valence-corrected chi connectivity index (χ1v) is 8.60. The van der Waals surface area contributed by atoms with Gasteiger partial charge in [-0.2, -0.15) is 0 Å². The Morgan fingerprint density at radius 3 is 2.43 bits per heavy atom. The van der Waals surface area contributed by atoms with Crippen LogP contribution in [0.2, 0.25) is 0 Å². The lowest BCUT2D eigenvalue weighted by Crippen LogP contribution is -2.02. The Kier molecular flexibility index (Phi) is 6.12. The fourth-order valence-electron chi connectivity index (χ4n) is 2.02. The molecule has 2 aromatic carbocycles. The van der Waals surface area contributed by atoms with E-state index in [4.69, 9.17) is 4.74 Å². The second-order valence-corrected chi connectivity index (χ2v) is 6.67. The minimum atomic E-state index is 0.720. The molecule has 0 spiro atoms. The first-order chi connectivity index (χ1) is 10.1. The fraction of sp³-hybridized carbons (Fsp3) is 0.294. The quantitative estimate of drug-likeness (QED) is 0.635. The molecule has 2 rings (SSSR count). The van der Waals surface area contributed by atoms with Gasteiger partial charge in [-0.1, -0.05) is 19.1 Å². The zero-order chi connectivity index (χ0) is 15.2. The summed E-state index contributed by atoms with van der Waals surface area (Å²) in [6.45, 7) is 5.69. The number of benzene rings is 2. The van der Waals surface area contributed by atoms with Crippen LogP contribution in [0.4, 0.5) is 5.69 Å². The summed E-state index contributed by atoms with van der Waals surface area (Å²) in [4.78, 5) is 0. The van der Waals surface area contributed by atoms with Crippen LogP contribution in [0.15, 0.2) is 45.3 Å². The normalized spacial score (nSPS) is 10.5. The van der Waals surface area contributed by atoms with E-state index in [9.17, 15) is 0 Å². The van der Waals surface area contributed by atoms with E-state index < -0.39 is 0 Å². The van der Waals surface area contributed by atoms with Gasteiger partial charge < -0.3 is 10.1 Å². The highest BCUT2D eigenvalue weighted by atomic mass is 79.9. The molecule has 1 N–H and O–H groups in total. The van der Waals surface area contributed by atoms with Crippen molar-refractivity contribution in [1.82, 2.24) is 0 Å². The summed E-state index contributed by atoms with van der Waals surface area (Å²) in [5.74, 6) is 0.871. The van der Waals surface area contributed by atoms with Gasteiger partial charge in [-0.05, 0) is 80.6 Å². The second kappa shape index (κ2) is 7.85. The standard InChI is InChI=1S/C17H19Br2NO/c1-3-7-21-17-15(18)9-13(10-16(17)19)11-20-14-6-4-5-12(2)8-14/h4-6,8-10,20H,3,7,11H2,1-2H3. The zero-order valence-corrected chi connectivity index (χ0v) is 15.4. The van der Waals surface area contributed by atoms with Crippen molar-refractivity contribution in [2.45, 2.75) is 26.8 Å². The number of ether oxygens (including phenoxy) is 1. The van der Waals surface area contributed by atoms with Gasteiger partial charge in [0.25, 0.3) is 0 Å². The molecular formula is C17H19Br2NO. The van der Waals surface area contributed by atoms with Gasteiger partial charge in [-0.25, -0.2) is 0 Å². The van der Waals surface area contributed by atoms with Crippen LogP contribution in [0.1, 0.15) is 24.5 Å². The summed E-state index contributed by atoms with van der Waals surface area (Å²) in [6.07, 6.45) is 0.996. The number of nitrogens with one attached hydrogen (secondary N) is 1. The lowest BCUT2D eigenvalue weighted by Gasteiger charge is -2.13. The van der Waals surface area contributed by atoms with Crippen LogP contribution in [0, 0.1) is 6.92 Å². The number of hydrogen-bond acceptors (Lipinski definition) is 2. The molecule has 0 aliphatic rings. The largest absolute Gasteiger partial charge is 0.491 e. The molecule has 0 heterocycles. The second-order valence-electron chi connectivity index (χ2n) is 4.96. The van der Waals surface area contributed by atoms with E-state index in [0.717, 1.165) is 40.0 Å². The molecule has 0 unspecified atom stereocenters. The molecule has 112 valence electrons. The fourth-order valence-corrected chi connectivity index (χ4v) is 3.53. The van der Waals surface area contributed by atoms with Gasteiger partial charge in [0.2, 0.25) is 0 Å². The maximum absolute atomic E-state index is 5.74. The van der Waals surface area contributed by atoms with Crippen molar-refractivity contribution in [1.29, 1.82) is 0 Å². The predicted octanol–water partition coefficient (Wildman–Crippen LogP) is 5.92. The molecule has 0 aromatic heterocycles. The van der Waals surface area contributed by atoms with Crippen LogP contribution in [0.5, 0.6) is 5.75 Å². The molecule has 0 saturated heterocycles. The summed E-state index contributed by atoms with van der Waals surface area (Å²) in [7, 11) is 0. The SMILES string of the molecule is CCCOc1c(Br)cc(CNc2cccc(C)c2)cc1Br. The summed E-state index contributed by atoms with van der Waals surface area (Å²) in [6, 6.07) is 12.6. The van der Waals surface area contributed by atoms with Gasteiger partial charge >= 0.3 is 0 Å². The van der Waals surface area contributed by atoms with Crippen LogP contribution in [-0.2, 0) is 6.54 Å². The van der Waals surface area contributed by atoms with Gasteiger partial charge in [0.1, 0.15) is 5.75 Å². The Labute approximate surface area is 143 Å². The highest BCUT2D eigenvalue weighted by Crippen LogP contribution is 2.35. The lowest BCUT2D eigenvalue weighted by molar-refractivity contribution is 0.313. The number of anilines is 1. The third-order valence-electron chi connectivity index (χ3n) is 3.02. The Balaban J connectivity index is 2.07. The maximum Gasteiger partial charge on any atom is 0.147 e. The molecule has 0 amide bonds. The minimum absolute atomic E-state index is 0.720. The Morgan fingerprint density at radius 2 is 1.81 bits per heavy atom. The molecule has 2 aromatic rings. The van der Waals surface area contributed by atoms with E-state index >= 15 is 0 Å². The van der Waals surface area contributed by atoms with Crippen molar-refractivity contribution in [3.05, 3.63) is 56.5 Å². The molecule has 0 atom stereocenters. The molecule has 0 saturated carbocycles. The van der Waals surface area contributed by atoms with Crippen molar-refractivity contribution >= 4 is 37.5 Å². The van der Waals surface area contributed by atoms with Crippen molar-refractivity contribution < 1.29 is 4.74 Å². The lowest BCUT2D eigenvalue weighted by atomic mass is 10.2. The molecule has 0 aliphatic carbocycles. The Morgan fingerprint density at radius 1 is 1.10 bits per heavy atom. The molecule has 0 bridgehead atoms. The highest BCUT2D eigenvalue weighted by Gasteiger charge is 2.08. The smallest absolute Gasteiger partial charge is 0.147 e. The van der Waals surface area contributed by atoms with E-state index in [0.29, 0.717) is 0 Å². The van der Waals surface area contributed by atoms with E-state index in [1.807, 2.05) is 0 Å². The summed E-state index contributed by atoms with van der Waals surface area (Å²) < 4.78 is 7.69. The molecule has 0 aliphatic heterocycles. The third kappa shape index (κ3) is 4.75. The molecular weight excluding hydrogens is 394 g/mol. The number of hydrogen-bond donors (Lipinski definition) is 1. The number of aryl methyl sites for hydroxylation is 1. The zero-order valence-electron chi connectivity index (χ0n) is 12.2. The van der Waals surface area contributed by atoms with Gasteiger partial charge in [-0.15, -0.1) is 0 Å². The average molecular weight is 413 g/mol. The molecule has 4 heteroatoms. The topological polar surface area (TPSA) is 21.3 Å². The van der Waals surface area contributed by atoms with Crippen molar-refractivity contribution in [2.24, 2.45) is 0 Å². The predicted molar refractivity (Wildman–Crippen MR) is 96.1 cm³/mol. The first-order valence-electron chi connectivity index (χ1n) is 7.01. The Hall–Kier alpha value is -1.00. The maximum atomic E-state index is 5.74. The van der Waals surface area contributed by atoms with Crippen LogP contribution in [0.25, 0.3) is 0 Å². The van der Waals surface area contributed by atoms with E-state index in [1.54, 1.807) is 0 Å². The van der Waals surface area contributed by atoms with Gasteiger partial charge in [0.15, 0.2) is 0 Å². The molecule has 21 heavy (non-hydrogen) atoms. The van der Waals surface area contributed by atoms with Crippen molar-refractivity contribution in [3.8, 4) is 5.75 Å². The summed E-state index contributed by atoms with van der Waals surface area (Å²) in [5.41, 5.74) is 3.58. The highest BCUT2D eigenvalue weighted by molar-refractivity contribution is 9.11. The summed E-state index contributed by atoms with van der Waals surface area (Å²) >= 11 is 7.17. The monoisotopic (exact) mass is 411 g/mol. The third-order valence-corrected chi connectivity index (χ3v) is 4.20. The van der Waals surface area contributed by atoms with Gasteiger partial charge in [-0.3, -0.25) is 0 Å². The Bertz CT molecular complexity index is 590.